The summed E-state index contributed by atoms with van der Waals surface area (Å²) in [4.78, 5) is 4.30. The molecule has 0 bridgehead atoms. The van der Waals surface area contributed by atoms with E-state index in [4.69, 9.17) is 0 Å². The standard InChI is InChI=1S/C10H10Br2N2O/c11-7-1-6(10(15)9(12)3-7)2-8-4-13-5-14-8/h1,3,13,15H,2,4-5H2. The maximum absolute atomic E-state index is 9.84. The van der Waals surface area contributed by atoms with E-state index < -0.39 is 0 Å². The van der Waals surface area contributed by atoms with Gasteiger partial charge in [0.2, 0.25) is 0 Å². The van der Waals surface area contributed by atoms with Crippen molar-refractivity contribution in [1.29, 1.82) is 0 Å². The molecule has 1 heterocycles. The van der Waals surface area contributed by atoms with Crippen LogP contribution in [0.5, 0.6) is 5.75 Å². The monoisotopic (exact) mass is 332 g/mol. The van der Waals surface area contributed by atoms with Crippen LogP contribution in [0.2, 0.25) is 0 Å². The average molecular weight is 334 g/mol. The topological polar surface area (TPSA) is 44.6 Å². The maximum atomic E-state index is 9.84. The molecule has 3 nitrogen and oxygen atoms in total. The van der Waals surface area contributed by atoms with E-state index in [1.54, 1.807) is 0 Å². The van der Waals surface area contributed by atoms with Crippen molar-refractivity contribution in [3.05, 3.63) is 26.6 Å². The third-order valence-electron chi connectivity index (χ3n) is 2.25. The van der Waals surface area contributed by atoms with Gasteiger partial charge < -0.3 is 5.11 Å². The van der Waals surface area contributed by atoms with Crippen LogP contribution >= 0.6 is 31.9 Å². The smallest absolute Gasteiger partial charge is 0.133 e. The molecule has 1 aromatic rings. The Bertz CT molecular complexity index is 418. The molecule has 0 unspecified atom stereocenters. The summed E-state index contributed by atoms with van der Waals surface area (Å²) in [7, 11) is 0. The van der Waals surface area contributed by atoms with Crippen LogP contribution in [0, 0.1) is 0 Å². The van der Waals surface area contributed by atoms with Gasteiger partial charge in [0.15, 0.2) is 0 Å². The Morgan fingerprint density at radius 1 is 1.40 bits per heavy atom. The van der Waals surface area contributed by atoms with Gasteiger partial charge in [-0.15, -0.1) is 0 Å². The number of nitrogens with one attached hydrogen (secondary N) is 1. The lowest BCUT2D eigenvalue weighted by molar-refractivity contribution is 0.466. The molecule has 0 aromatic heterocycles. The number of halogens is 2. The van der Waals surface area contributed by atoms with Crippen LogP contribution in [0.4, 0.5) is 0 Å². The summed E-state index contributed by atoms with van der Waals surface area (Å²) >= 11 is 6.71. The molecule has 15 heavy (non-hydrogen) atoms. The molecular formula is C10H10Br2N2O. The van der Waals surface area contributed by atoms with Crippen molar-refractivity contribution in [2.75, 3.05) is 13.2 Å². The zero-order valence-electron chi connectivity index (χ0n) is 7.93. The van der Waals surface area contributed by atoms with Crippen molar-refractivity contribution in [3.63, 3.8) is 0 Å². The minimum atomic E-state index is 0.299. The SMILES string of the molecule is Oc1c(Br)cc(Br)cc1CC1=NCNC1. The molecule has 0 saturated carbocycles. The van der Waals surface area contributed by atoms with Crippen molar-refractivity contribution >= 4 is 37.6 Å². The summed E-state index contributed by atoms with van der Waals surface area (Å²) in [5.74, 6) is 0.299. The summed E-state index contributed by atoms with van der Waals surface area (Å²) in [6.45, 7) is 1.49. The zero-order valence-corrected chi connectivity index (χ0v) is 11.1. The quantitative estimate of drug-likeness (QED) is 0.873. The van der Waals surface area contributed by atoms with E-state index in [-0.39, 0.29) is 0 Å². The van der Waals surface area contributed by atoms with Gasteiger partial charge >= 0.3 is 0 Å². The lowest BCUT2D eigenvalue weighted by Crippen LogP contribution is -2.14. The second kappa shape index (κ2) is 4.63. The Kier molecular flexibility index (Phi) is 3.43. The van der Waals surface area contributed by atoms with Gasteiger partial charge in [-0.2, -0.15) is 0 Å². The molecule has 1 aliphatic rings. The highest BCUT2D eigenvalue weighted by molar-refractivity contribution is 9.11. The van der Waals surface area contributed by atoms with Crippen LogP contribution in [0.25, 0.3) is 0 Å². The molecule has 1 aliphatic heterocycles. The van der Waals surface area contributed by atoms with Crippen LogP contribution < -0.4 is 5.32 Å². The molecule has 1 aromatic carbocycles. The Morgan fingerprint density at radius 2 is 2.20 bits per heavy atom. The molecule has 0 atom stereocenters. The Hall–Kier alpha value is -0.390. The fourth-order valence-corrected chi connectivity index (χ4v) is 2.83. The number of hydrogen-bond acceptors (Lipinski definition) is 3. The highest BCUT2D eigenvalue weighted by Crippen LogP contribution is 2.32. The minimum Gasteiger partial charge on any atom is -0.506 e. The van der Waals surface area contributed by atoms with Crippen molar-refractivity contribution in [2.24, 2.45) is 4.99 Å². The zero-order chi connectivity index (χ0) is 10.8. The Balaban J connectivity index is 2.27. The third kappa shape index (κ3) is 2.59. The lowest BCUT2D eigenvalue weighted by Gasteiger charge is -2.07. The van der Waals surface area contributed by atoms with Crippen LogP contribution in [0.15, 0.2) is 26.1 Å². The number of hydrogen-bond donors (Lipinski definition) is 2. The highest BCUT2D eigenvalue weighted by atomic mass is 79.9. The van der Waals surface area contributed by atoms with Gasteiger partial charge in [-0.3, -0.25) is 10.3 Å². The molecule has 0 aliphatic carbocycles. The van der Waals surface area contributed by atoms with E-state index in [1.165, 1.54) is 0 Å². The first-order valence-corrected chi connectivity index (χ1v) is 6.15. The second-order valence-electron chi connectivity index (χ2n) is 3.38. The van der Waals surface area contributed by atoms with Gasteiger partial charge in [0.05, 0.1) is 11.1 Å². The van der Waals surface area contributed by atoms with Gasteiger partial charge in [0.1, 0.15) is 5.75 Å². The van der Waals surface area contributed by atoms with Crippen LogP contribution in [0.3, 0.4) is 0 Å². The van der Waals surface area contributed by atoms with E-state index in [0.29, 0.717) is 23.3 Å². The van der Waals surface area contributed by atoms with Crippen molar-refractivity contribution in [2.45, 2.75) is 6.42 Å². The molecule has 0 amide bonds. The number of aromatic hydroxyl groups is 1. The van der Waals surface area contributed by atoms with Crippen molar-refractivity contribution in [1.82, 2.24) is 5.32 Å². The first kappa shape index (κ1) is 11.1. The van der Waals surface area contributed by atoms with Crippen LogP contribution in [-0.2, 0) is 6.42 Å². The average Bonchev–Trinajstić information content (AvgIpc) is 2.66. The van der Waals surface area contributed by atoms with Gasteiger partial charge in [0, 0.05) is 28.7 Å². The number of phenols is 1. The molecule has 0 radical (unpaired) electrons. The van der Waals surface area contributed by atoms with Crippen molar-refractivity contribution < 1.29 is 5.11 Å². The highest BCUT2D eigenvalue weighted by Gasteiger charge is 2.12. The molecule has 0 fully saturated rings. The normalized spacial score (nSPS) is 15.5. The van der Waals surface area contributed by atoms with Gasteiger partial charge in [-0.1, -0.05) is 15.9 Å². The fourth-order valence-electron chi connectivity index (χ4n) is 1.52. The predicted octanol–water partition coefficient (Wildman–Crippen LogP) is 2.46. The largest absolute Gasteiger partial charge is 0.506 e. The molecule has 80 valence electrons. The first-order valence-electron chi connectivity index (χ1n) is 4.56. The second-order valence-corrected chi connectivity index (χ2v) is 5.15. The van der Waals surface area contributed by atoms with Gasteiger partial charge in [0.25, 0.3) is 0 Å². The summed E-state index contributed by atoms with van der Waals surface area (Å²) in [6, 6.07) is 3.74. The number of rotatable bonds is 2. The molecule has 0 saturated heterocycles. The summed E-state index contributed by atoms with van der Waals surface area (Å²) < 4.78 is 1.66. The van der Waals surface area contributed by atoms with E-state index in [9.17, 15) is 5.11 Å². The van der Waals surface area contributed by atoms with Gasteiger partial charge in [-0.25, -0.2) is 0 Å². The summed E-state index contributed by atoms with van der Waals surface area (Å²) in [6.07, 6.45) is 0.691. The number of benzene rings is 1. The summed E-state index contributed by atoms with van der Waals surface area (Å²) in [5.41, 5.74) is 1.97. The molecule has 5 heteroatoms. The maximum Gasteiger partial charge on any atom is 0.133 e. The molecular weight excluding hydrogens is 324 g/mol. The number of aliphatic imine (C=N–C) groups is 1. The van der Waals surface area contributed by atoms with E-state index >= 15 is 0 Å². The first-order chi connectivity index (χ1) is 7.16. The van der Waals surface area contributed by atoms with E-state index in [0.717, 1.165) is 22.3 Å². The fraction of sp³-hybridized carbons (Fsp3) is 0.300. The Morgan fingerprint density at radius 3 is 2.87 bits per heavy atom. The lowest BCUT2D eigenvalue weighted by atomic mass is 10.1. The minimum absolute atomic E-state index is 0.299. The molecule has 2 rings (SSSR count). The molecule has 2 N–H and O–H groups in total. The third-order valence-corrected chi connectivity index (χ3v) is 3.31. The summed E-state index contributed by atoms with van der Waals surface area (Å²) in [5, 5.41) is 13.0. The molecule has 0 spiro atoms. The number of phenolic OH excluding ortho intramolecular Hbond substituents is 1. The van der Waals surface area contributed by atoms with Crippen LogP contribution in [-0.4, -0.2) is 24.0 Å². The van der Waals surface area contributed by atoms with Crippen LogP contribution in [0.1, 0.15) is 5.56 Å². The number of nitrogens with zero attached hydrogens (tertiary/aromatic N) is 1. The van der Waals surface area contributed by atoms with E-state index in [2.05, 4.69) is 42.2 Å². The van der Waals surface area contributed by atoms with E-state index in [1.807, 2.05) is 12.1 Å². The van der Waals surface area contributed by atoms with Gasteiger partial charge in [-0.05, 0) is 28.1 Å². The van der Waals surface area contributed by atoms with Crippen molar-refractivity contribution in [3.8, 4) is 5.75 Å². The Labute approximate surface area is 105 Å². The predicted molar refractivity (Wildman–Crippen MR) is 67.5 cm³/mol.